The number of aromatic nitrogens is 2. The molecule has 2 N–H and O–H groups in total. The van der Waals surface area contributed by atoms with E-state index < -0.39 is 0 Å². The Morgan fingerprint density at radius 2 is 1.95 bits per heavy atom. The lowest BCUT2D eigenvalue weighted by Crippen LogP contribution is -2.21. The molecular weight excluding hydrogens is 250 g/mol. The van der Waals surface area contributed by atoms with Crippen LogP contribution in [-0.4, -0.2) is 16.0 Å². The number of rotatable bonds is 4. The van der Waals surface area contributed by atoms with E-state index in [1.54, 1.807) is 6.26 Å². The Morgan fingerprint density at radius 1 is 1.20 bits per heavy atom. The highest BCUT2D eigenvalue weighted by Gasteiger charge is 2.10. The number of furan rings is 1. The van der Waals surface area contributed by atoms with E-state index in [2.05, 4.69) is 16.9 Å². The summed E-state index contributed by atoms with van der Waals surface area (Å²) in [7, 11) is 0. The number of para-hydroxylation sites is 1. The van der Waals surface area contributed by atoms with Crippen LogP contribution in [0, 0.1) is 0 Å². The number of nitrogens with zero attached hydrogens (tertiary/aromatic N) is 2. The minimum Gasteiger partial charge on any atom is -0.464 e. The first-order chi connectivity index (χ1) is 9.78. The Kier molecular flexibility index (Phi) is 3.48. The molecule has 102 valence electrons. The van der Waals surface area contributed by atoms with Crippen molar-refractivity contribution < 1.29 is 4.42 Å². The maximum absolute atomic E-state index is 5.94. The van der Waals surface area contributed by atoms with Crippen molar-refractivity contribution in [1.82, 2.24) is 9.97 Å². The van der Waals surface area contributed by atoms with Crippen molar-refractivity contribution in [3.05, 3.63) is 48.5 Å². The lowest BCUT2D eigenvalue weighted by atomic mass is 10.1. The molecule has 20 heavy (non-hydrogen) atoms. The molecule has 0 bridgehead atoms. The van der Waals surface area contributed by atoms with Gasteiger partial charge >= 0.3 is 0 Å². The Morgan fingerprint density at radius 3 is 2.70 bits per heavy atom. The predicted octanol–water partition coefficient (Wildman–Crippen LogP) is 3.17. The number of benzene rings is 1. The second kappa shape index (κ2) is 5.43. The van der Waals surface area contributed by atoms with E-state index in [0.717, 1.165) is 34.9 Å². The van der Waals surface area contributed by atoms with Crippen LogP contribution in [0.15, 0.2) is 47.3 Å². The van der Waals surface area contributed by atoms with Crippen LogP contribution in [0.4, 0.5) is 0 Å². The molecule has 0 saturated carbocycles. The van der Waals surface area contributed by atoms with Gasteiger partial charge in [-0.05, 0) is 24.5 Å². The highest BCUT2D eigenvalue weighted by molar-refractivity contribution is 5.91. The van der Waals surface area contributed by atoms with E-state index >= 15 is 0 Å². The molecule has 0 aliphatic rings. The summed E-state index contributed by atoms with van der Waals surface area (Å²) in [6.45, 7) is 2.08. The molecule has 0 amide bonds. The van der Waals surface area contributed by atoms with Crippen molar-refractivity contribution in [2.45, 2.75) is 25.8 Å². The van der Waals surface area contributed by atoms with E-state index in [-0.39, 0.29) is 6.04 Å². The van der Waals surface area contributed by atoms with Gasteiger partial charge in [0.25, 0.3) is 0 Å². The van der Waals surface area contributed by atoms with Gasteiger partial charge in [-0.2, -0.15) is 0 Å². The molecular formula is C16H17N3O. The van der Waals surface area contributed by atoms with Crippen LogP contribution in [0.5, 0.6) is 0 Å². The van der Waals surface area contributed by atoms with E-state index in [0.29, 0.717) is 5.82 Å². The topological polar surface area (TPSA) is 64.9 Å². The van der Waals surface area contributed by atoms with E-state index in [1.165, 1.54) is 0 Å². The van der Waals surface area contributed by atoms with Crippen LogP contribution in [-0.2, 0) is 6.42 Å². The fourth-order valence-corrected chi connectivity index (χ4v) is 2.20. The second-order valence-electron chi connectivity index (χ2n) is 4.93. The molecule has 4 heteroatoms. The summed E-state index contributed by atoms with van der Waals surface area (Å²) in [5.74, 6) is 0.684. The van der Waals surface area contributed by atoms with Gasteiger partial charge in [-0.15, -0.1) is 0 Å². The maximum atomic E-state index is 5.94. The summed E-state index contributed by atoms with van der Waals surface area (Å²) in [4.78, 5) is 8.86. The first kappa shape index (κ1) is 12.8. The molecule has 1 aromatic carbocycles. The highest BCUT2D eigenvalue weighted by atomic mass is 16.3. The summed E-state index contributed by atoms with van der Waals surface area (Å²) in [5, 5.41) is 1.03. The third-order valence-electron chi connectivity index (χ3n) is 3.45. The van der Waals surface area contributed by atoms with Crippen molar-refractivity contribution in [3.8, 4) is 11.4 Å². The van der Waals surface area contributed by atoms with Crippen LogP contribution >= 0.6 is 0 Å². The van der Waals surface area contributed by atoms with E-state index in [1.807, 2.05) is 36.7 Å². The fraction of sp³-hybridized carbons (Fsp3) is 0.250. The first-order valence-corrected chi connectivity index (χ1v) is 6.81. The molecule has 4 nitrogen and oxygen atoms in total. The SMILES string of the molecule is CCC(N)Cc1cnc(-c2coc3ccccc23)nc1. The largest absolute Gasteiger partial charge is 0.464 e. The molecule has 1 atom stereocenters. The lowest BCUT2D eigenvalue weighted by molar-refractivity contribution is 0.616. The van der Waals surface area contributed by atoms with Gasteiger partial charge in [0.2, 0.25) is 0 Å². The molecule has 0 aliphatic carbocycles. The Balaban J connectivity index is 1.91. The quantitative estimate of drug-likeness (QED) is 0.788. The predicted molar refractivity (Wildman–Crippen MR) is 79.2 cm³/mol. The van der Waals surface area contributed by atoms with E-state index in [9.17, 15) is 0 Å². The smallest absolute Gasteiger partial charge is 0.163 e. The third kappa shape index (κ3) is 2.42. The Labute approximate surface area is 117 Å². The number of hydrogen-bond acceptors (Lipinski definition) is 4. The highest BCUT2D eigenvalue weighted by Crippen LogP contribution is 2.27. The third-order valence-corrected chi connectivity index (χ3v) is 3.45. The molecule has 3 rings (SSSR count). The van der Waals surface area contributed by atoms with Crippen molar-refractivity contribution >= 4 is 11.0 Å². The first-order valence-electron chi connectivity index (χ1n) is 6.81. The molecule has 0 aliphatic heterocycles. The van der Waals surface area contributed by atoms with Crippen LogP contribution in [0.1, 0.15) is 18.9 Å². The van der Waals surface area contributed by atoms with Crippen molar-refractivity contribution in [2.75, 3.05) is 0 Å². The van der Waals surface area contributed by atoms with Gasteiger partial charge in [-0.1, -0.05) is 25.1 Å². The number of nitrogens with two attached hydrogens (primary N) is 1. The van der Waals surface area contributed by atoms with Gasteiger partial charge in [-0.25, -0.2) is 9.97 Å². The van der Waals surface area contributed by atoms with Crippen molar-refractivity contribution in [2.24, 2.45) is 5.73 Å². The lowest BCUT2D eigenvalue weighted by Gasteiger charge is -2.07. The standard InChI is InChI=1S/C16H17N3O/c1-2-12(17)7-11-8-18-16(19-9-11)14-10-20-15-6-4-3-5-13(14)15/h3-6,8-10,12H,2,7,17H2,1H3. The van der Waals surface area contributed by atoms with Crippen LogP contribution < -0.4 is 5.73 Å². The molecule has 2 heterocycles. The zero-order chi connectivity index (χ0) is 13.9. The zero-order valence-electron chi connectivity index (χ0n) is 11.4. The molecule has 0 radical (unpaired) electrons. The molecule has 1 unspecified atom stereocenters. The summed E-state index contributed by atoms with van der Waals surface area (Å²) in [6.07, 6.45) is 7.16. The summed E-state index contributed by atoms with van der Waals surface area (Å²) in [6, 6.07) is 8.05. The monoisotopic (exact) mass is 267 g/mol. The Bertz CT molecular complexity index is 703. The molecule has 0 fully saturated rings. The van der Waals surface area contributed by atoms with Gasteiger partial charge in [0.05, 0.1) is 5.56 Å². The van der Waals surface area contributed by atoms with Crippen LogP contribution in [0.25, 0.3) is 22.4 Å². The minimum atomic E-state index is 0.166. The van der Waals surface area contributed by atoms with Gasteiger partial charge in [0, 0.05) is 23.8 Å². The Hall–Kier alpha value is -2.20. The van der Waals surface area contributed by atoms with Crippen LogP contribution in [0.3, 0.4) is 0 Å². The van der Waals surface area contributed by atoms with Crippen molar-refractivity contribution in [3.63, 3.8) is 0 Å². The second-order valence-corrected chi connectivity index (χ2v) is 4.93. The van der Waals surface area contributed by atoms with Crippen LogP contribution in [0.2, 0.25) is 0 Å². The normalized spacial score (nSPS) is 12.7. The zero-order valence-corrected chi connectivity index (χ0v) is 11.4. The van der Waals surface area contributed by atoms with Gasteiger partial charge in [-0.3, -0.25) is 0 Å². The summed E-state index contributed by atoms with van der Waals surface area (Å²) >= 11 is 0. The van der Waals surface area contributed by atoms with E-state index in [4.69, 9.17) is 10.2 Å². The molecule has 0 spiro atoms. The fourth-order valence-electron chi connectivity index (χ4n) is 2.20. The number of hydrogen-bond donors (Lipinski definition) is 1. The molecule has 3 aromatic rings. The minimum absolute atomic E-state index is 0.166. The maximum Gasteiger partial charge on any atom is 0.163 e. The summed E-state index contributed by atoms with van der Waals surface area (Å²) < 4.78 is 5.52. The van der Waals surface area contributed by atoms with Gasteiger partial charge in [0.1, 0.15) is 11.8 Å². The molecule has 0 saturated heterocycles. The summed E-state index contributed by atoms with van der Waals surface area (Å²) in [5.41, 5.74) is 8.78. The number of fused-ring (bicyclic) bond motifs is 1. The van der Waals surface area contributed by atoms with Gasteiger partial charge < -0.3 is 10.2 Å². The van der Waals surface area contributed by atoms with Crippen molar-refractivity contribution in [1.29, 1.82) is 0 Å². The average Bonchev–Trinajstić information content (AvgIpc) is 2.92. The molecule has 2 aromatic heterocycles. The average molecular weight is 267 g/mol. The van der Waals surface area contributed by atoms with Gasteiger partial charge in [0.15, 0.2) is 5.82 Å².